The van der Waals surface area contributed by atoms with Crippen LogP contribution in [0.1, 0.15) is 42.0 Å². The Morgan fingerprint density at radius 3 is 2.00 bits per heavy atom. The molecule has 0 saturated carbocycles. The average Bonchev–Trinajstić information content (AvgIpc) is 3.05. The van der Waals surface area contributed by atoms with Crippen molar-refractivity contribution >= 4 is 23.6 Å². The molecular formula is C36H41N5O3. The fraction of sp³-hybridized carbons (Fsp3) is 0.278. The van der Waals surface area contributed by atoms with Crippen LogP contribution >= 0.6 is 0 Å². The molecule has 228 valence electrons. The van der Waals surface area contributed by atoms with Crippen LogP contribution in [-0.4, -0.2) is 50.4 Å². The number of hydrazone groups is 1. The van der Waals surface area contributed by atoms with E-state index in [2.05, 4.69) is 46.5 Å². The zero-order valence-electron chi connectivity index (χ0n) is 25.7. The second kappa shape index (κ2) is 15.1. The molecule has 0 spiro atoms. The lowest BCUT2D eigenvalue weighted by Crippen LogP contribution is -2.44. The first-order valence-corrected chi connectivity index (χ1v) is 15.1. The molecule has 4 aromatic rings. The van der Waals surface area contributed by atoms with E-state index in [-0.39, 0.29) is 5.92 Å². The molecule has 4 aromatic carbocycles. The number of hydrogen-bond acceptors (Lipinski definition) is 6. The molecule has 2 amide bonds. The molecule has 8 nitrogen and oxygen atoms in total. The Labute approximate surface area is 260 Å². The fourth-order valence-corrected chi connectivity index (χ4v) is 5.01. The molecule has 0 atom stereocenters. The third-order valence-corrected chi connectivity index (χ3v) is 7.60. The van der Waals surface area contributed by atoms with Gasteiger partial charge in [-0.3, -0.25) is 0 Å². The third kappa shape index (κ3) is 8.61. The minimum Gasteiger partial charge on any atom is -0.488 e. The van der Waals surface area contributed by atoms with Crippen LogP contribution in [0.25, 0.3) is 0 Å². The molecule has 44 heavy (non-hydrogen) atoms. The number of ether oxygens (including phenoxy) is 2. The van der Waals surface area contributed by atoms with E-state index in [0.29, 0.717) is 24.7 Å². The van der Waals surface area contributed by atoms with E-state index in [0.717, 1.165) is 59.9 Å². The SMILES string of the molecule is CC(C)c1cc(C=NNC(=O)Nc2ccc(N3CCN(C)CC3)cc2)c(OCc2ccccc2)cc1OCc1ccccc1. The summed E-state index contributed by atoms with van der Waals surface area (Å²) in [5.74, 6) is 1.57. The first-order chi connectivity index (χ1) is 21.4. The number of carbonyl (C=O) groups is 1. The monoisotopic (exact) mass is 591 g/mol. The number of rotatable bonds is 11. The molecule has 1 aliphatic rings. The number of amides is 2. The van der Waals surface area contributed by atoms with Crippen LogP contribution in [0.2, 0.25) is 0 Å². The quantitative estimate of drug-likeness (QED) is 0.147. The van der Waals surface area contributed by atoms with Crippen molar-refractivity contribution in [3.63, 3.8) is 0 Å². The van der Waals surface area contributed by atoms with Gasteiger partial charge in [0.1, 0.15) is 24.7 Å². The van der Waals surface area contributed by atoms with Crippen molar-refractivity contribution in [2.75, 3.05) is 43.4 Å². The minimum atomic E-state index is -0.424. The average molecular weight is 592 g/mol. The first kappa shape index (κ1) is 30.6. The van der Waals surface area contributed by atoms with Crippen LogP contribution in [0.3, 0.4) is 0 Å². The lowest BCUT2D eigenvalue weighted by atomic mass is 9.99. The number of urea groups is 1. The summed E-state index contributed by atoms with van der Waals surface area (Å²) in [7, 11) is 2.14. The molecule has 1 saturated heterocycles. The van der Waals surface area contributed by atoms with Gasteiger partial charge in [-0.1, -0.05) is 74.5 Å². The van der Waals surface area contributed by atoms with E-state index in [1.807, 2.05) is 97.1 Å². The second-order valence-corrected chi connectivity index (χ2v) is 11.3. The van der Waals surface area contributed by atoms with Crippen LogP contribution in [-0.2, 0) is 13.2 Å². The summed E-state index contributed by atoms with van der Waals surface area (Å²) in [6, 6.07) is 31.5. The smallest absolute Gasteiger partial charge is 0.339 e. The standard InChI is InChI=1S/C36H41N5O3/c1-27(2)33-22-30(24-37-39-36(42)38-31-14-16-32(17-15-31)41-20-18-40(3)19-21-41)34(43-25-28-10-6-4-7-11-28)23-35(33)44-26-29-12-8-5-9-13-29/h4-17,22-24,27H,18-21,25-26H2,1-3H3,(H2,38,39,42). The van der Waals surface area contributed by atoms with Crippen LogP contribution in [0.4, 0.5) is 16.2 Å². The van der Waals surface area contributed by atoms with Gasteiger partial charge < -0.3 is 24.6 Å². The van der Waals surface area contributed by atoms with Crippen molar-refractivity contribution in [1.29, 1.82) is 0 Å². The number of carbonyl (C=O) groups excluding carboxylic acids is 1. The topological polar surface area (TPSA) is 78.4 Å². The van der Waals surface area contributed by atoms with E-state index in [9.17, 15) is 4.79 Å². The molecule has 0 radical (unpaired) electrons. The van der Waals surface area contributed by atoms with Gasteiger partial charge in [0.15, 0.2) is 0 Å². The number of likely N-dealkylation sites (N-methyl/N-ethyl adjacent to an activating group) is 1. The number of nitrogens with zero attached hydrogens (tertiary/aromatic N) is 3. The lowest BCUT2D eigenvalue weighted by molar-refractivity contribution is 0.252. The molecule has 2 N–H and O–H groups in total. The Bertz CT molecular complexity index is 1520. The molecule has 1 fully saturated rings. The highest BCUT2D eigenvalue weighted by Crippen LogP contribution is 2.34. The van der Waals surface area contributed by atoms with Gasteiger partial charge in [0.05, 0.1) is 6.21 Å². The fourth-order valence-electron chi connectivity index (χ4n) is 5.01. The Morgan fingerprint density at radius 2 is 1.41 bits per heavy atom. The normalized spacial score (nSPS) is 13.7. The summed E-state index contributed by atoms with van der Waals surface area (Å²) in [6.45, 7) is 9.15. The van der Waals surface area contributed by atoms with Gasteiger partial charge in [0, 0.05) is 49.2 Å². The van der Waals surface area contributed by atoms with E-state index in [1.165, 1.54) is 0 Å². The van der Waals surface area contributed by atoms with Crippen molar-refractivity contribution in [2.24, 2.45) is 5.10 Å². The van der Waals surface area contributed by atoms with E-state index in [4.69, 9.17) is 9.47 Å². The molecule has 0 unspecified atom stereocenters. The van der Waals surface area contributed by atoms with E-state index >= 15 is 0 Å². The lowest BCUT2D eigenvalue weighted by Gasteiger charge is -2.34. The van der Waals surface area contributed by atoms with Gasteiger partial charge in [-0.15, -0.1) is 0 Å². The third-order valence-electron chi connectivity index (χ3n) is 7.60. The largest absolute Gasteiger partial charge is 0.488 e. The van der Waals surface area contributed by atoms with Gasteiger partial charge >= 0.3 is 6.03 Å². The molecule has 0 aliphatic carbocycles. The molecule has 1 heterocycles. The summed E-state index contributed by atoms with van der Waals surface area (Å²) in [4.78, 5) is 17.4. The van der Waals surface area contributed by atoms with Crippen molar-refractivity contribution in [2.45, 2.75) is 33.0 Å². The summed E-state index contributed by atoms with van der Waals surface area (Å²) in [5, 5.41) is 7.11. The second-order valence-electron chi connectivity index (χ2n) is 11.3. The highest BCUT2D eigenvalue weighted by molar-refractivity contribution is 5.91. The predicted molar refractivity (Wildman–Crippen MR) is 178 cm³/mol. The Hall–Kier alpha value is -4.82. The van der Waals surface area contributed by atoms with Crippen LogP contribution in [0.5, 0.6) is 11.5 Å². The Balaban J connectivity index is 1.27. The number of piperazine rings is 1. The molecule has 1 aliphatic heterocycles. The van der Waals surface area contributed by atoms with Crippen molar-refractivity contribution in [3.8, 4) is 11.5 Å². The molecule has 0 aromatic heterocycles. The van der Waals surface area contributed by atoms with Crippen LogP contribution < -0.4 is 25.1 Å². The maximum Gasteiger partial charge on any atom is 0.339 e. The molecule has 0 bridgehead atoms. The predicted octanol–water partition coefficient (Wildman–Crippen LogP) is 6.88. The maximum atomic E-state index is 12.7. The molecular weight excluding hydrogens is 550 g/mol. The Kier molecular flexibility index (Phi) is 10.5. The summed E-state index contributed by atoms with van der Waals surface area (Å²) < 4.78 is 12.5. The Morgan fingerprint density at radius 1 is 0.818 bits per heavy atom. The maximum absolute atomic E-state index is 12.7. The van der Waals surface area contributed by atoms with E-state index in [1.54, 1.807) is 6.21 Å². The number of benzene rings is 4. The van der Waals surface area contributed by atoms with Gasteiger partial charge in [0.2, 0.25) is 0 Å². The van der Waals surface area contributed by atoms with Crippen LogP contribution in [0.15, 0.2) is 102 Å². The first-order valence-electron chi connectivity index (χ1n) is 15.1. The minimum absolute atomic E-state index is 0.196. The highest BCUT2D eigenvalue weighted by Gasteiger charge is 2.16. The van der Waals surface area contributed by atoms with Crippen LogP contribution in [0, 0.1) is 0 Å². The van der Waals surface area contributed by atoms with Gasteiger partial charge in [0.25, 0.3) is 0 Å². The summed E-state index contributed by atoms with van der Waals surface area (Å²) in [5.41, 5.74) is 8.35. The van der Waals surface area contributed by atoms with Crippen molar-refractivity contribution in [1.82, 2.24) is 10.3 Å². The summed E-state index contributed by atoms with van der Waals surface area (Å²) in [6.07, 6.45) is 1.61. The summed E-state index contributed by atoms with van der Waals surface area (Å²) >= 11 is 0. The number of nitrogens with one attached hydrogen (secondary N) is 2. The highest BCUT2D eigenvalue weighted by atomic mass is 16.5. The van der Waals surface area contributed by atoms with E-state index < -0.39 is 6.03 Å². The number of hydrogen-bond donors (Lipinski definition) is 2. The zero-order chi connectivity index (χ0) is 30.7. The molecule has 5 rings (SSSR count). The van der Waals surface area contributed by atoms with Crippen molar-refractivity contribution in [3.05, 3.63) is 119 Å². The van der Waals surface area contributed by atoms with Gasteiger partial charge in [-0.2, -0.15) is 5.10 Å². The molecule has 8 heteroatoms. The van der Waals surface area contributed by atoms with Gasteiger partial charge in [-0.25, -0.2) is 10.2 Å². The van der Waals surface area contributed by atoms with Gasteiger partial charge in [-0.05, 0) is 60.0 Å². The van der Waals surface area contributed by atoms with Crippen molar-refractivity contribution < 1.29 is 14.3 Å². The number of anilines is 2. The zero-order valence-corrected chi connectivity index (χ0v) is 25.7.